The highest BCUT2D eigenvalue weighted by Gasteiger charge is 2.13. The quantitative estimate of drug-likeness (QED) is 0.693. The lowest BCUT2D eigenvalue weighted by molar-refractivity contribution is 0.598. The average molecular weight is 296 g/mol. The highest BCUT2D eigenvalue weighted by atomic mass is 32.2. The lowest BCUT2D eigenvalue weighted by Gasteiger charge is -2.02. The third kappa shape index (κ3) is 1.91. The van der Waals surface area contributed by atoms with Crippen molar-refractivity contribution in [2.75, 3.05) is 0 Å². The Morgan fingerprint density at radius 3 is 2.79 bits per heavy atom. The van der Waals surface area contributed by atoms with Gasteiger partial charge in [0.1, 0.15) is 5.01 Å². The SMILES string of the molecule is Cc1nn2c(nc(=O)c3cc(S(N)(=O)=O)ccc32)s1. The van der Waals surface area contributed by atoms with E-state index >= 15 is 0 Å². The number of nitrogens with zero attached hydrogens (tertiary/aromatic N) is 3. The third-order valence-corrected chi connectivity index (χ3v) is 4.35. The molecule has 0 fully saturated rings. The molecule has 0 aliphatic rings. The van der Waals surface area contributed by atoms with Crippen LogP contribution in [0.2, 0.25) is 0 Å². The zero-order chi connectivity index (χ0) is 13.8. The van der Waals surface area contributed by atoms with Gasteiger partial charge in [-0.15, -0.1) is 0 Å². The molecule has 3 aromatic rings. The van der Waals surface area contributed by atoms with Crippen LogP contribution < -0.4 is 10.7 Å². The van der Waals surface area contributed by atoms with Gasteiger partial charge in [-0.2, -0.15) is 10.1 Å². The molecule has 0 saturated carbocycles. The first-order valence-corrected chi connectivity index (χ1v) is 7.55. The van der Waals surface area contributed by atoms with Gasteiger partial charge in [-0.25, -0.2) is 18.1 Å². The van der Waals surface area contributed by atoms with Gasteiger partial charge >= 0.3 is 0 Å². The van der Waals surface area contributed by atoms with Crippen LogP contribution in [0.5, 0.6) is 0 Å². The molecule has 0 saturated heterocycles. The van der Waals surface area contributed by atoms with E-state index in [1.165, 1.54) is 34.1 Å². The Morgan fingerprint density at radius 2 is 2.11 bits per heavy atom. The van der Waals surface area contributed by atoms with Crippen molar-refractivity contribution in [3.05, 3.63) is 33.6 Å². The first-order valence-electron chi connectivity index (χ1n) is 5.19. The molecule has 0 radical (unpaired) electrons. The summed E-state index contributed by atoms with van der Waals surface area (Å²) >= 11 is 1.29. The van der Waals surface area contributed by atoms with Crippen molar-refractivity contribution < 1.29 is 8.42 Å². The Labute approximate surface area is 111 Å². The van der Waals surface area contributed by atoms with E-state index in [2.05, 4.69) is 10.1 Å². The van der Waals surface area contributed by atoms with Crippen molar-refractivity contribution in [3.8, 4) is 0 Å². The lowest BCUT2D eigenvalue weighted by atomic mass is 10.2. The predicted octanol–water partition coefficient (Wildman–Crippen LogP) is 0.260. The van der Waals surface area contributed by atoms with Gasteiger partial charge in [-0.05, 0) is 25.1 Å². The van der Waals surface area contributed by atoms with E-state index in [0.717, 1.165) is 5.01 Å². The van der Waals surface area contributed by atoms with Crippen LogP contribution in [-0.2, 0) is 10.0 Å². The number of fused-ring (bicyclic) bond motifs is 3. The van der Waals surface area contributed by atoms with E-state index in [0.29, 0.717) is 10.5 Å². The summed E-state index contributed by atoms with van der Waals surface area (Å²) in [5, 5.41) is 10.2. The van der Waals surface area contributed by atoms with Crippen molar-refractivity contribution in [2.24, 2.45) is 5.14 Å². The maximum atomic E-state index is 11.9. The first kappa shape index (κ1) is 12.2. The molecule has 0 spiro atoms. The molecule has 2 N–H and O–H groups in total. The van der Waals surface area contributed by atoms with Gasteiger partial charge in [0.25, 0.3) is 5.56 Å². The van der Waals surface area contributed by atoms with Gasteiger partial charge in [0.15, 0.2) is 0 Å². The van der Waals surface area contributed by atoms with E-state index in [4.69, 9.17) is 5.14 Å². The lowest BCUT2D eigenvalue weighted by Crippen LogP contribution is -2.14. The molecule has 7 nitrogen and oxygen atoms in total. The monoisotopic (exact) mass is 296 g/mol. The van der Waals surface area contributed by atoms with E-state index in [9.17, 15) is 13.2 Å². The second kappa shape index (κ2) is 3.83. The van der Waals surface area contributed by atoms with E-state index in [1.54, 1.807) is 6.92 Å². The van der Waals surface area contributed by atoms with Crippen LogP contribution in [-0.4, -0.2) is 23.0 Å². The van der Waals surface area contributed by atoms with Crippen LogP contribution in [0.3, 0.4) is 0 Å². The van der Waals surface area contributed by atoms with Crippen LogP contribution >= 0.6 is 11.3 Å². The summed E-state index contributed by atoms with van der Waals surface area (Å²) in [6, 6.07) is 4.07. The van der Waals surface area contributed by atoms with Gasteiger partial charge in [0.2, 0.25) is 15.0 Å². The Hall–Kier alpha value is -1.84. The van der Waals surface area contributed by atoms with Crippen LogP contribution in [0, 0.1) is 6.92 Å². The number of primary sulfonamides is 1. The van der Waals surface area contributed by atoms with Gasteiger partial charge in [0, 0.05) is 0 Å². The van der Waals surface area contributed by atoms with Crippen LogP contribution in [0.25, 0.3) is 15.9 Å². The molecule has 2 aromatic heterocycles. The van der Waals surface area contributed by atoms with Gasteiger partial charge in [0.05, 0.1) is 15.8 Å². The number of rotatable bonds is 1. The standard InChI is InChI=1S/C10H8N4O3S2/c1-5-13-14-8-3-2-6(19(11,16)17)4-7(8)9(15)12-10(14)18-5/h2-4H,1H3,(H2,11,16,17). The molecule has 0 atom stereocenters. The fourth-order valence-electron chi connectivity index (χ4n) is 1.80. The largest absolute Gasteiger partial charge is 0.281 e. The zero-order valence-corrected chi connectivity index (χ0v) is 11.3. The number of sulfonamides is 1. The fraction of sp³-hybridized carbons (Fsp3) is 0.100. The molecule has 2 heterocycles. The summed E-state index contributed by atoms with van der Waals surface area (Å²) < 4.78 is 24.1. The maximum Gasteiger partial charge on any atom is 0.281 e. The summed E-state index contributed by atoms with van der Waals surface area (Å²) in [4.78, 5) is 16.1. The molecule has 9 heteroatoms. The van der Waals surface area contributed by atoms with Crippen molar-refractivity contribution >= 4 is 37.2 Å². The number of aryl methyl sites for hydroxylation is 1. The number of aromatic nitrogens is 3. The summed E-state index contributed by atoms with van der Waals surface area (Å²) in [6.07, 6.45) is 0. The average Bonchev–Trinajstić information content (AvgIpc) is 2.68. The van der Waals surface area contributed by atoms with Crippen LogP contribution in [0.4, 0.5) is 0 Å². The molecule has 19 heavy (non-hydrogen) atoms. The first-order chi connectivity index (χ1) is 8.86. The Bertz CT molecular complexity index is 972. The maximum absolute atomic E-state index is 11.9. The molecule has 98 valence electrons. The molecule has 0 unspecified atom stereocenters. The predicted molar refractivity (Wildman–Crippen MR) is 70.8 cm³/mol. The van der Waals surface area contributed by atoms with Crippen LogP contribution in [0.1, 0.15) is 5.01 Å². The molecular weight excluding hydrogens is 288 g/mol. The Balaban J connectivity index is 2.51. The minimum atomic E-state index is -3.85. The summed E-state index contributed by atoms with van der Waals surface area (Å²) in [6.45, 7) is 1.80. The van der Waals surface area contributed by atoms with Crippen molar-refractivity contribution in [1.29, 1.82) is 0 Å². The minimum absolute atomic E-state index is 0.120. The topological polar surface area (TPSA) is 107 Å². The molecule has 3 rings (SSSR count). The van der Waals surface area contributed by atoms with Crippen molar-refractivity contribution in [3.63, 3.8) is 0 Å². The number of hydrogen-bond donors (Lipinski definition) is 1. The highest BCUT2D eigenvalue weighted by Crippen LogP contribution is 2.19. The smallest absolute Gasteiger partial charge is 0.267 e. The Morgan fingerprint density at radius 1 is 1.37 bits per heavy atom. The minimum Gasteiger partial charge on any atom is -0.267 e. The zero-order valence-electron chi connectivity index (χ0n) is 9.69. The molecule has 0 aliphatic carbocycles. The number of hydrogen-bond acceptors (Lipinski definition) is 6. The van der Waals surface area contributed by atoms with E-state index < -0.39 is 15.6 Å². The van der Waals surface area contributed by atoms with Gasteiger partial charge in [-0.1, -0.05) is 11.3 Å². The van der Waals surface area contributed by atoms with Gasteiger partial charge < -0.3 is 0 Å². The summed E-state index contributed by atoms with van der Waals surface area (Å²) in [5.41, 5.74) is 0.0101. The highest BCUT2D eigenvalue weighted by molar-refractivity contribution is 7.89. The second-order valence-electron chi connectivity index (χ2n) is 3.96. The normalized spacial score (nSPS) is 12.3. The fourth-order valence-corrected chi connectivity index (χ4v) is 3.08. The molecular formula is C10H8N4O3S2. The molecule has 0 bridgehead atoms. The number of nitrogens with two attached hydrogens (primary N) is 1. The Kier molecular flexibility index (Phi) is 2.46. The van der Waals surface area contributed by atoms with Crippen molar-refractivity contribution in [2.45, 2.75) is 11.8 Å². The number of benzene rings is 1. The van der Waals surface area contributed by atoms with Crippen LogP contribution in [0.15, 0.2) is 27.9 Å². The molecule has 0 amide bonds. The third-order valence-electron chi connectivity index (χ3n) is 2.61. The second-order valence-corrected chi connectivity index (χ2v) is 6.68. The summed E-state index contributed by atoms with van der Waals surface area (Å²) in [5.74, 6) is 0. The van der Waals surface area contributed by atoms with Crippen molar-refractivity contribution in [1.82, 2.24) is 14.6 Å². The van der Waals surface area contributed by atoms with Gasteiger partial charge in [-0.3, -0.25) is 4.79 Å². The summed E-state index contributed by atoms with van der Waals surface area (Å²) in [7, 11) is -3.85. The molecule has 1 aromatic carbocycles. The van der Waals surface area contributed by atoms with E-state index in [-0.39, 0.29) is 10.3 Å². The molecule has 0 aliphatic heterocycles. The van der Waals surface area contributed by atoms with E-state index in [1.807, 2.05) is 0 Å².